The zero-order chi connectivity index (χ0) is 17.8. The molecule has 1 saturated heterocycles. The first-order valence-electron chi connectivity index (χ1n) is 8.15. The van der Waals surface area contributed by atoms with Gasteiger partial charge in [0.15, 0.2) is 0 Å². The smallest absolute Gasteiger partial charge is 0.251 e. The van der Waals surface area contributed by atoms with E-state index in [-0.39, 0.29) is 11.5 Å². The highest BCUT2D eigenvalue weighted by molar-refractivity contribution is 5.79. The lowest BCUT2D eigenvalue weighted by Crippen LogP contribution is -2.43. The predicted molar refractivity (Wildman–Crippen MR) is 91.6 cm³/mol. The summed E-state index contributed by atoms with van der Waals surface area (Å²) in [6.45, 7) is 3.08. The van der Waals surface area contributed by atoms with Gasteiger partial charge in [-0.15, -0.1) is 0 Å². The quantitative estimate of drug-likeness (QED) is 0.903. The van der Waals surface area contributed by atoms with E-state index in [1.54, 1.807) is 18.9 Å². The van der Waals surface area contributed by atoms with Gasteiger partial charge < -0.3 is 19.4 Å². The molecule has 2 aromatic rings. The molecule has 0 aliphatic carbocycles. The van der Waals surface area contributed by atoms with Gasteiger partial charge in [0.05, 0.1) is 26.7 Å². The van der Waals surface area contributed by atoms with Gasteiger partial charge in [-0.2, -0.15) is 0 Å². The Balaban J connectivity index is 1.67. The van der Waals surface area contributed by atoms with Crippen LogP contribution in [-0.2, 0) is 16.0 Å². The predicted octanol–water partition coefficient (Wildman–Crippen LogP) is 1.23. The summed E-state index contributed by atoms with van der Waals surface area (Å²) in [6, 6.07) is 8.87. The molecular formula is C18H21N3O4. The number of aromatic amines is 1. The van der Waals surface area contributed by atoms with Gasteiger partial charge in [-0.25, -0.2) is 4.98 Å². The monoisotopic (exact) mass is 343 g/mol. The molecule has 1 atom stereocenters. The second kappa shape index (κ2) is 7.48. The topological polar surface area (TPSA) is 84.5 Å². The Labute approximate surface area is 145 Å². The minimum absolute atomic E-state index is 0.0217. The first kappa shape index (κ1) is 17.2. The van der Waals surface area contributed by atoms with Crippen molar-refractivity contribution in [2.75, 3.05) is 26.8 Å². The fourth-order valence-corrected chi connectivity index (χ4v) is 2.83. The number of nitrogens with one attached hydrogen (secondary N) is 1. The molecule has 7 heteroatoms. The van der Waals surface area contributed by atoms with E-state index in [4.69, 9.17) is 9.47 Å². The van der Waals surface area contributed by atoms with Crippen LogP contribution in [-0.4, -0.2) is 47.6 Å². The van der Waals surface area contributed by atoms with Crippen molar-refractivity contribution in [2.24, 2.45) is 0 Å². The van der Waals surface area contributed by atoms with Crippen molar-refractivity contribution in [1.29, 1.82) is 0 Å². The number of morpholine rings is 1. The molecule has 0 saturated carbocycles. The lowest BCUT2D eigenvalue weighted by molar-refractivity contribution is -0.138. The Morgan fingerprint density at radius 2 is 2.16 bits per heavy atom. The number of hydrogen-bond donors (Lipinski definition) is 1. The molecule has 1 fully saturated rings. The normalized spacial score (nSPS) is 17.4. The number of methoxy groups -OCH3 is 1. The summed E-state index contributed by atoms with van der Waals surface area (Å²) in [4.78, 5) is 33.0. The van der Waals surface area contributed by atoms with E-state index in [1.165, 1.54) is 6.07 Å². The molecule has 0 bridgehead atoms. The van der Waals surface area contributed by atoms with Crippen LogP contribution in [0.15, 0.2) is 35.1 Å². The molecule has 25 heavy (non-hydrogen) atoms. The Kier molecular flexibility index (Phi) is 5.14. The highest BCUT2D eigenvalue weighted by atomic mass is 16.5. The maximum Gasteiger partial charge on any atom is 0.251 e. The summed E-state index contributed by atoms with van der Waals surface area (Å²) in [5.41, 5.74) is 1.34. The fraction of sp³-hybridized carbons (Fsp3) is 0.389. The second-order valence-corrected chi connectivity index (χ2v) is 6.00. The number of amides is 1. The second-order valence-electron chi connectivity index (χ2n) is 6.00. The summed E-state index contributed by atoms with van der Waals surface area (Å²) in [5.74, 6) is 1.25. The molecule has 1 aliphatic rings. The van der Waals surface area contributed by atoms with Gasteiger partial charge >= 0.3 is 0 Å². The Bertz CT molecular complexity index is 801. The van der Waals surface area contributed by atoms with Crippen molar-refractivity contribution in [3.05, 3.63) is 57.8 Å². The highest BCUT2D eigenvalue weighted by Gasteiger charge is 2.27. The minimum Gasteiger partial charge on any atom is -0.497 e. The van der Waals surface area contributed by atoms with Gasteiger partial charge in [0.1, 0.15) is 17.7 Å². The first-order valence-corrected chi connectivity index (χ1v) is 8.15. The van der Waals surface area contributed by atoms with Crippen molar-refractivity contribution < 1.29 is 14.3 Å². The Morgan fingerprint density at radius 3 is 2.84 bits per heavy atom. The molecule has 0 spiro atoms. The van der Waals surface area contributed by atoms with Crippen molar-refractivity contribution in [3.63, 3.8) is 0 Å². The van der Waals surface area contributed by atoms with Crippen LogP contribution in [0.2, 0.25) is 0 Å². The molecule has 132 valence electrons. The zero-order valence-electron chi connectivity index (χ0n) is 14.3. The molecule has 3 rings (SSSR count). The Hall–Kier alpha value is -2.67. The fourth-order valence-electron chi connectivity index (χ4n) is 2.83. The van der Waals surface area contributed by atoms with E-state index in [9.17, 15) is 9.59 Å². The molecular weight excluding hydrogens is 322 g/mol. The van der Waals surface area contributed by atoms with E-state index < -0.39 is 6.10 Å². The van der Waals surface area contributed by atoms with Crippen molar-refractivity contribution >= 4 is 5.91 Å². The van der Waals surface area contributed by atoms with Crippen LogP contribution in [0.3, 0.4) is 0 Å². The third kappa shape index (κ3) is 4.24. The van der Waals surface area contributed by atoms with E-state index in [1.807, 2.05) is 24.3 Å². The summed E-state index contributed by atoms with van der Waals surface area (Å²) in [6.07, 6.45) is -0.102. The first-order chi connectivity index (χ1) is 12.0. The summed E-state index contributed by atoms with van der Waals surface area (Å²) >= 11 is 0. The lowest BCUT2D eigenvalue weighted by atomic mass is 10.1. The summed E-state index contributed by atoms with van der Waals surface area (Å²) in [5, 5.41) is 0. The summed E-state index contributed by atoms with van der Waals surface area (Å²) in [7, 11) is 1.61. The highest BCUT2D eigenvalue weighted by Crippen LogP contribution is 2.20. The van der Waals surface area contributed by atoms with Crippen LogP contribution in [0.4, 0.5) is 0 Å². The molecule has 1 aromatic heterocycles. The third-order valence-electron chi connectivity index (χ3n) is 4.13. The van der Waals surface area contributed by atoms with E-state index in [0.29, 0.717) is 37.6 Å². The SMILES string of the molecule is COc1ccc(CC(=O)N2CCOC(c3nc(C)cc(=O)[nH]3)C2)cc1. The Morgan fingerprint density at radius 1 is 1.40 bits per heavy atom. The standard InChI is InChI=1S/C18H21N3O4/c1-12-9-16(22)20-18(19-12)15-11-21(7-8-25-15)17(23)10-13-3-5-14(24-2)6-4-13/h3-6,9,15H,7-8,10-11H2,1-2H3,(H,19,20,22). The molecule has 2 heterocycles. The number of carbonyl (C=O) groups is 1. The molecule has 0 radical (unpaired) electrons. The van der Waals surface area contributed by atoms with Gasteiger partial charge in [0.2, 0.25) is 5.91 Å². The molecule has 1 aromatic carbocycles. The zero-order valence-corrected chi connectivity index (χ0v) is 14.3. The number of carbonyl (C=O) groups excluding carboxylic acids is 1. The molecule has 1 N–H and O–H groups in total. The van der Waals surface area contributed by atoms with Crippen LogP contribution in [0.25, 0.3) is 0 Å². The number of aromatic nitrogens is 2. The van der Waals surface area contributed by atoms with Crippen LogP contribution < -0.4 is 10.3 Å². The van der Waals surface area contributed by atoms with Crippen molar-refractivity contribution in [2.45, 2.75) is 19.4 Å². The maximum absolute atomic E-state index is 12.6. The number of H-pyrrole nitrogens is 1. The van der Waals surface area contributed by atoms with E-state index in [2.05, 4.69) is 9.97 Å². The minimum atomic E-state index is -0.416. The van der Waals surface area contributed by atoms with Crippen LogP contribution in [0.5, 0.6) is 5.75 Å². The lowest BCUT2D eigenvalue weighted by Gasteiger charge is -2.32. The van der Waals surface area contributed by atoms with Gasteiger partial charge in [0, 0.05) is 18.3 Å². The largest absolute Gasteiger partial charge is 0.497 e. The number of benzene rings is 1. The van der Waals surface area contributed by atoms with Crippen LogP contribution in [0, 0.1) is 6.92 Å². The van der Waals surface area contributed by atoms with Crippen LogP contribution >= 0.6 is 0 Å². The van der Waals surface area contributed by atoms with Crippen molar-refractivity contribution in [1.82, 2.24) is 14.9 Å². The number of aryl methyl sites for hydroxylation is 1. The van der Waals surface area contributed by atoms with E-state index in [0.717, 1.165) is 11.3 Å². The number of hydrogen-bond acceptors (Lipinski definition) is 5. The molecule has 7 nitrogen and oxygen atoms in total. The summed E-state index contributed by atoms with van der Waals surface area (Å²) < 4.78 is 10.8. The molecule has 1 amide bonds. The van der Waals surface area contributed by atoms with Crippen LogP contribution in [0.1, 0.15) is 23.2 Å². The molecule has 1 unspecified atom stereocenters. The van der Waals surface area contributed by atoms with Gasteiger partial charge in [-0.1, -0.05) is 12.1 Å². The number of ether oxygens (including phenoxy) is 2. The van der Waals surface area contributed by atoms with Gasteiger partial charge in [-0.05, 0) is 24.6 Å². The van der Waals surface area contributed by atoms with Gasteiger partial charge in [-0.3, -0.25) is 9.59 Å². The van der Waals surface area contributed by atoms with E-state index >= 15 is 0 Å². The maximum atomic E-state index is 12.6. The van der Waals surface area contributed by atoms with Gasteiger partial charge in [0.25, 0.3) is 5.56 Å². The van der Waals surface area contributed by atoms with Crippen molar-refractivity contribution in [3.8, 4) is 5.75 Å². The molecule has 1 aliphatic heterocycles. The average molecular weight is 343 g/mol. The third-order valence-corrected chi connectivity index (χ3v) is 4.13. The number of rotatable bonds is 4. The average Bonchev–Trinajstić information content (AvgIpc) is 2.61. The number of nitrogens with zero attached hydrogens (tertiary/aromatic N) is 2.